The number of nitriles is 1. The van der Waals surface area contributed by atoms with Crippen LogP contribution < -0.4 is 10.1 Å². The maximum Gasteiger partial charge on any atom is 0.408 e. The molecular formula is C23H24ClFN2O4. The van der Waals surface area contributed by atoms with Gasteiger partial charge < -0.3 is 14.8 Å². The highest BCUT2D eigenvalue weighted by Crippen LogP contribution is 2.31. The third-order valence-corrected chi connectivity index (χ3v) is 4.72. The molecule has 1 atom stereocenters. The zero-order valence-corrected chi connectivity index (χ0v) is 18.8. The van der Waals surface area contributed by atoms with E-state index in [9.17, 15) is 9.59 Å². The van der Waals surface area contributed by atoms with E-state index in [-0.39, 0.29) is 33.0 Å². The first-order valence-corrected chi connectivity index (χ1v) is 10.00. The lowest BCUT2D eigenvalue weighted by Crippen LogP contribution is -2.35. The number of halogens is 2. The Kier molecular flexibility index (Phi) is 7.64. The SMILES string of the molecule is CC[C@@H](NC(=O)OC(C)(C)C)c1ccc(Cl)c(C(=O)c2ccc(C#N)c(OC)c2)c1F. The second-order valence-corrected chi connectivity index (χ2v) is 8.20. The molecule has 0 aliphatic carbocycles. The maximum absolute atomic E-state index is 15.4. The van der Waals surface area contributed by atoms with Crippen molar-refractivity contribution < 1.29 is 23.5 Å². The van der Waals surface area contributed by atoms with Crippen LogP contribution in [0.25, 0.3) is 0 Å². The number of hydrogen-bond acceptors (Lipinski definition) is 5. The first-order valence-electron chi connectivity index (χ1n) is 9.62. The van der Waals surface area contributed by atoms with E-state index in [0.29, 0.717) is 6.42 Å². The Morgan fingerprint density at radius 3 is 2.48 bits per heavy atom. The normalized spacial score (nSPS) is 11.9. The highest BCUT2D eigenvalue weighted by atomic mass is 35.5. The quantitative estimate of drug-likeness (QED) is 0.586. The molecule has 0 saturated carbocycles. The van der Waals surface area contributed by atoms with Crippen molar-refractivity contribution in [2.75, 3.05) is 7.11 Å². The number of nitrogens with zero attached hydrogens (tertiary/aromatic N) is 1. The number of nitrogens with one attached hydrogen (secondary N) is 1. The van der Waals surface area contributed by atoms with Crippen molar-refractivity contribution in [3.63, 3.8) is 0 Å². The number of amides is 1. The van der Waals surface area contributed by atoms with Crippen molar-refractivity contribution in [3.8, 4) is 11.8 Å². The van der Waals surface area contributed by atoms with E-state index >= 15 is 4.39 Å². The van der Waals surface area contributed by atoms with Gasteiger partial charge in [-0.05, 0) is 51.5 Å². The molecule has 0 radical (unpaired) electrons. The fourth-order valence-electron chi connectivity index (χ4n) is 2.96. The smallest absolute Gasteiger partial charge is 0.408 e. The van der Waals surface area contributed by atoms with Crippen LogP contribution in [0.15, 0.2) is 30.3 Å². The third kappa shape index (κ3) is 5.74. The van der Waals surface area contributed by atoms with Gasteiger partial charge in [-0.1, -0.05) is 24.6 Å². The van der Waals surface area contributed by atoms with Crippen molar-refractivity contribution in [2.24, 2.45) is 0 Å². The van der Waals surface area contributed by atoms with Crippen molar-refractivity contribution >= 4 is 23.5 Å². The lowest BCUT2D eigenvalue weighted by molar-refractivity contribution is 0.0501. The van der Waals surface area contributed by atoms with Crippen LogP contribution in [0.1, 0.15) is 67.2 Å². The molecule has 0 aliphatic heterocycles. The monoisotopic (exact) mass is 446 g/mol. The minimum atomic E-state index is -0.830. The van der Waals surface area contributed by atoms with E-state index in [1.165, 1.54) is 37.4 Å². The Bertz CT molecular complexity index is 1040. The van der Waals surface area contributed by atoms with Crippen molar-refractivity contribution in [3.05, 3.63) is 63.4 Å². The predicted octanol–water partition coefficient (Wildman–Crippen LogP) is 5.57. The van der Waals surface area contributed by atoms with Gasteiger partial charge in [0.05, 0.1) is 29.3 Å². The lowest BCUT2D eigenvalue weighted by Gasteiger charge is -2.24. The number of methoxy groups -OCH3 is 1. The summed E-state index contributed by atoms with van der Waals surface area (Å²) in [5.41, 5.74) is -0.567. The summed E-state index contributed by atoms with van der Waals surface area (Å²) >= 11 is 6.16. The van der Waals surface area contributed by atoms with Gasteiger partial charge in [-0.15, -0.1) is 0 Å². The van der Waals surface area contributed by atoms with Crippen LogP contribution in [0, 0.1) is 17.1 Å². The van der Waals surface area contributed by atoms with Crippen LogP contribution in [-0.4, -0.2) is 24.6 Å². The summed E-state index contributed by atoms with van der Waals surface area (Å²) in [5, 5.41) is 11.7. The molecule has 0 fully saturated rings. The molecule has 0 aliphatic rings. The van der Waals surface area contributed by atoms with Crippen LogP contribution in [0.3, 0.4) is 0 Å². The van der Waals surface area contributed by atoms with Crippen LogP contribution in [0.2, 0.25) is 5.02 Å². The van der Waals surface area contributed by atoms with Crippen LogP contribution in [0.5, 0.6) is 5.75 Å². The van der Waals surface area contributed by atoms with Gasteiger partial charge >= 0.3 is 6.09 Å². The summed E-state index contributed by atoms with van der Waals surface area (Å²) in [6.07, 6.45) is -0.339. The summed E-state index contributed by atoms with van der Waals surface area (Å²) in [6.45, 7) is 6.93. The van der Waals surface area contributed by atoms with Crippen molar-refractivity contribution in [2.45, 2.75) is 45.8 Å². The summed E-state index contributed by atoms with van der Waals surface area (Å²) in [5.74, 6) is -1.30. The van der Waals surface area contributed by atoms with Gasteiger partial charge in [-0.3, -0.25) is 4.79 Å². The topological polar surface area (TPSA) is 88.4 Å². The fraction of sp³-hybridized carbons (Fsp3) is 0.348. The third-order valence-electron chi connectivity index (χ3n) is 4.41. The van der Waals surface area contributed by atoms with Gasteiger partial charge in [0.1, 0.15) is 23.2 Å². The molecular weight excluding hydrogens is 423 g/mol. The molecule has 164 valence electrons. The van der Waals surface area contributed by atoms with E-state index in [2.05, 4.69) is 5.32 Å². The molecule has 0 heterocycles. The lowest BCUT2D eigenvalue weighted by atomic mass is 9.95. The van der Waals surface area contributed by atoms with E-state index < -0.39 is 29.3 Å². The minimum absolute atomic E-state index is 0.0679. The molecule has 0 unspecified atom stereocenters. The van der Waals surface area contributed by atoms with Gasteiger partial charge in [0, 0.05) is 11.1 Å². The summed E-state index contributed by atoms with van der Waals surface area (Å²) in [7, 11) is 1.37. The zero-order valence-electron chi connectivity index (χ0n) is 18.0. The molecule has 6 nitrogen and oxygen atoms in total. The number of alkyl carbamates (subject to hydrolysis) is 1. The Morgan fingerprint density at radius 1 is 1.26 bits per heavy atom. The standard InChI is InChI=1S/C23H24ClFN2O4/c1-6-17(27-22(29)31-23(2,3)4)15-9-10-16(24)19(20(15)25)21(28)13-7-8-14(12-26)18(11-13)30-5/h7-11,17H,6H2,1-5H3,(H,27,29)/t17-/m1/s1. The Hall–Kier alpha value is -3.11. The summed E-state index contributed by atoms with van der Waals surface area (Å²) in [4.78, 5) is 25.2. The Morgan fingerprint density at radius 2 is 1.94 bits per heavy atom. The minimum Gasteiger partial charge on any atom is -0.495 e. The molecule has 0 aromatic heterocycles. The van der Waals surface area contributed by atoms with E-state index in [1.54, 1.807) is 27.7 Å². The van der Waals surface area contributed by atoms with Gasteiger partial charge in [0.25, 0.3) is 0 Å². The Balaban J connectivity index is 2.45. The molecule has 1 amide bonds. The molecule has 1 N–H and O–H groups in total. The zero-order chi connectivity index (χ0) is 23.3. The molecule has 8 heteroatoms. The number of rotatable bonds is 6. The summed E-state index contributed by atoms with van der Waals surface area (Å²) < 4.78 is 25.8. The van der Waals surface area contributed by atoms with E-state index in [0.717, 1.165) is 0 Å². The molecule has 0 saturated heterocycles. The van der Waals surface area contributed by atoms with Gasteiger partial charge in [-0.25, -0.2) is 9.18 Å². The Labute approximate surface area is 185 Å². The van der Waals surface area contributed by atoms with Crippen LogP contribution >= 0.6 is 11.6 Å². The average molecular weight is 447 g/mol. The molecule has 2 aromatic carbocycles. The van der Waals surface area contributed by atoms with E-state index in [1.807, 2.05) is 6.07 Å². The van der Waals surface area contributed by atoms with Crippen molar-refractivity contribution in [1.82, 2.24) is 5.32 Å². The van der Waals surface area contributed by atoms with Crippen LogP contribution in [0.4, 0.5) is 9.18 Å². The molecule has 2 rings (SSSR count). The van der Waals surface area contributed by atoms with E-state index in [4.69, 9.17) is 26.3 Å². The van der Waals surface area contributed by atoms with Gasteiger partial charge in [0.2, 0.25) is 0 Å². The molecule has 31 heavy (non-hydrogen) atoms. The largest absolute Gasteiger partial charge is 0.495 e. The predicted molar refractivity (Wildman–Crippen MR) is 115 cm³/mol. The number of hydrogen-bond donors (Lipinski definition) is 1. The number of ketones is 1. The first-order chi connectivity index (χ1) is 14.5. The average Bonchev–Trinajstić information content (AvgIpc) is 2.70. The highest BCUT2D eigenvalue weighted by Gasteiger charge is 2.26. The van der Waals surface area contributed by atoms with Gasteiger partial charge in [-0.2, -0.15) is 5.26 Å². The molecule has 0 bridgehead atoms. The maximum atomic E-state index is 15.4. The molecule has 2 aromatic rings. The number of ether oxygens (including phenoxy) is 2. The second-order valence-electron chi connectivity index (χ2n) is 7.79. The first kappa shape index (κ1) is 24.2. The number of carbonyl (C=O) groups is 2. The second kappa shape index (κ2) is 9.80. The van der Waals surface area contributed by atoms with Crippen LogP contribution in [-0.2, 0) is 4.74 Å². The number of carbonyl (C=O) groups excluding carboxylic acids is 2. The highest BCUT2D eigenvalue weighted by molar-refractivity contribution is 6.35. The fourth-order valence-corrected chi connectivity index (χ4v) is 3.20. The molecule has 0 spiro atoms. The summed E-state index contributed by atoms with van der Waals surface area (Å²) in [6, 6.07) is 8.25. The number of benzene rings is 2. The van der Waals surface area contributed by atoms with Crippen molar-refractivity contribution in [1.29, 1.82) is 5.26 Å². The van der Waals surface area contributed by atoms with Gasteiger partial charge in [0.15, 0.2) is 5.78 Å².